The van der Waals surface area contributed by atoms with E-state index in [1.807, 2.05) is 0 Å². The van der Waals surface area contributed by atoms with Gasteiger partial charge in [-0.15, -0.1) is 0 Å². The summed E-state index contributed by atoms with van der Waals surface area (Å²) >= 11 is 0. The molecule has 1 rings (SSSR count). The molecule has 1 nitrogen and oxygen atoms in total. The highest BCUT2D eigenvalue weighted by atomic mass is 14.9. The molecule has 0 bridgehead atoms. The van der Waals surface area contributed by atoms with Crippen LogP contribution in [0.25, 0.3) is 12.2 Å². The number of nitrogens with zero attached hydrogens (tertiary/aromatic N) is 1. The Morgan fingerprint density at radius 3 is 2.40 bits per heavy atom. The fourth-order valence-electron chi connectivity index (χ4n) is 1.18. The third kappa shape index (κ3) is 0.991. The first-order valence-electron chi connectivity index (χ1n) is 3.53. The van der Waals surface area contributed by atoms with Gasteiger partial charge in [0, 0.05) is 18.6 Å². The second kappa shape index (κ2) is 2.74. The minimum absolute atomic E-state index is 1.29. The van der Waals surface area contributed by atoms with Gasteiger partial charge in [0.1, 0.15) is 0 Å². The number of hydrogen-bond donors (Lipinski definition) is 0. The molecule has 0 fully saturated rings. The van der Waals surface area contributed by atoms with Gasteiger partial charge in [0.25, 0.3) is 0 Å². The van der Waals surface area contributed by atoms with Crippen LogP contribution < -0.4 is 10.6 Å². The van der Waals surface area contributed by atoms with Gasteiger partial charge < -0.3 is 4.57 Å². The van der Waals surface area contributed by atoms with Gasteiger partial charge >= 0.3 is 0 Å². The van der Waals surface area contributed by atoms with E-state index in [1.165, 1.54) is 10.6 Å². The number of rotatable bonds is 0. The maximum absolute atomic E-state index is 2.12. The summed E-state index contributed by atoms with van der Waals surface area (Å²) < 4.78 is 2.12. The van der Waals surface area contributed by atoms with E-state index in [-0.39, 0.29) is 0 Å². The molecule has 0 aromatic carbocycles. The Kier molecular flexibility index (Phi) is 1.95. The van der Waals surface area contributed by atoms with Crippen LogP contribution in [0.2, 0.25) is 0 Å². The van der Waals surface area contributed by atoms with Crippen LogP contribution in [0.15, 0.2) is 12.3 Å². The Morgan fingerprint density at radius 1 is 1.30 bits per heavy atom. The van der Waals surface area contributed by atoms with Gasteiger partial charge in [0.2, 0.25) is 0 Å². The van der Waals surface area contributed by atoms with E-state index < -0.39 is 0 Å². The highest BCUT2D eigenvalue weighted by molar-refractivity contribution is 5.26. The second-order valence-corrected chi connectivity index (χ2v) is 2.34. The van der Waals surface area contributed by atoms with Crippen molar-refractivity contribution in [1.29, 1.82) is 0 Å². The molecule has 0 spiro atoms. The van der Waals surface area contributed by atoms with Crippen LogP contribution in [0.1, 0.15) is 13.8 Å². The van der Waals surface area contributed by atoms with Gasteiger partial charge in [-0.25, -0.2) is 0 Å². The van der Waals surface area contributed by atoms with Crippen LogP contribution in [0.4, 0.5) is 0 Å². The van der Waals surface area contributed by atoms with Gasteiger partial charge in [0.05, 0.1) is 0 Å². The lowest BCUT2D eigenvalue weighted by Gasteiger charge is -1.87. The summed E-state index contributed by atoms with van der Waals surface area (Å²) in [5.74, 6) is 0. The number of aromatic nitrogens is 1. The molecule has 1 aromatic rings. The predicted molar refractivity (Wildman–Crippen MR) is 44.9 cm³/mol. The normalized spacial score (nSPS) is 14.7. The predicted octanol–water partition coefficient (Wildman–Crippen LogP) is 0.626. The Labute approximate surface area is 61.3 Å². The van der Waals surface area contributed by atoms with Crippen LogP contribution in [0, 0.1) is 0 Å². The van der Waals surface area contributed by atoms with Gasteiger partial charge in [-0.05, 0) is 25.1 Å². The van der Waals surface area contributed by atoms with E-state index in [0.717, 1.165) is 0 Å². The zero-order valence-electron chi connectivity index (χ0n) is 6.76. The number of aryl methyl sites for hydroxylation is 1. The SMILES string of the molecule is CC=c1ccn(C)c1=CC. The van der Waals surface area contributed by atoms with Crippen molar-refractivity contribution in [3.8, 4) is 0 Å². The quantitative estimate of drug-likeness (QED) is 0.491. The molecule has 54 valence electrons. The largest absolute Gasteiger partial charge is 0.351 e. The van der Waals surface area contributed by atoms with Crippen molar-refractivity contribution in [2.45, 2.75) is 13.8 Å². The summed E-state index contributed by atoms with van der Waals surface area (Å²) in [6.45, 7) is 4.12. The first-order chi connectivity index (χ1) is 4.79. The lowest BCUT2D eigenvalue weighted by molar-refractivity contribution is 0.887. The number of hydrogen-bond acceptors (Lipinski definition) is 0. The fourth-order valence-corrected chi connectivity index (χ4v) is 1.18. The average Bonchev–Trinajstić information content (AvgIpc) is 2.30. The molecule has 0 unspecified atom stereocenters. The zero-order chi connectivity index (χ0) is 7.56. The molecule has 1 heteroatoms. The first kappa shape index (κ1) is 7.13. The van der Waals surface area contributed by atoms with E-state index in [1.54, 1.807) is 0 Å². The monoisotopic (exact) mass is 135 g/mol. The van der Waals surface area contributed by atoms with Crippen LogP contribution in [-0.4, -0.2) is 4.57 Å². The smallest absolute Gasteiger partial charge is 0.0430 e. The minimum atomic E-state index is 1.29. The van der Waals surface area contributed by atoms with Crippen molar-refractivity contribution < 1.29 is 0 Å². The lowest BCUT2D eigenvalue weighted by Crippen LogP contribution is -2.26. The first-order valence-corrected chi connectivity index (χ1v) is 3.53. The molecular weight excluding hydrogens is 122 g/mol. The maximum atomic E-state index is 2.12. The van der Waals surface area contributed by atoms with Gasteiger partial charge in [-0.1, -0.05) is 12.2 Å². The molecule has 0 saturated carbocycles. The van der Waals surface area contributed by atoms with Gasteiger partial charge in [-0.3, -0.25) is 0 Å². The topological polar surface area (TPSA) is 4.93 Å². The van der Waals surface area contributed by atoms with Crippen molar-refractivity contribution in [3.05, 3.63) is 22.8 Å². The molecule has 0 aliphatic heterocycles. The van der Waals surface area contributed by atoms with E-state index in [0.29, 0.717) is 0 Å². The lowest BCUT2D eigenvalue weighted by atomic mass is 10.4. The van der Waals surface area contributed by atoms with Crippen LogP contribution in [-0.2, 0) is 7.05 Å². The van der Waals surface area contributed by atoms with E-state index in [2.05, 4.69) is 49.9 Å². The van der Waals surface area contributed by atoms with Crippen LogP contribution in [0.3, 0.4) is 0 Å². The Morgan fingerprint density at radius 2 is 2.00 bits per heavy atom. The minimum Gasteiger partial charge on any atom is -0.351 e. The molecule has 0 aliphatic carbocycles. The van der Waals surface area contributed by atoms with E-state index in [9.17, 15) is 0 Å². The summed E-state index contributed by atoms with van der Waals surface area (Å²) in [4.78, 5) is 0. The highest BCUT2D eigenvalue weighted by Gasteiger charge is 1.85. The zero-order valence-corrected chi connectivity index (χ0v) is 6.76. The summed E-state index contributed by atoms with van der Waals surface area (Å²) in [5, 5.41) is 2.60. The summed E-state index contributed by atoms with van der Waals surface area (Å²) in [5.41, 5.74) is 0. The average molecular weight is 135 g/mol. The molecule has 0 amide bonds. The van der Waals surface area contributed by atoms with Gasteiger partial charge in [-0.2, -0.15) is 0 Å². The van der Waals surface area contributed by atoms with Crippen molar-refractivity contribution in [1.82, 2.24) is 4.57 Å². The van der Waals surface area contributed by atoms with Crippen molar-refractivity contribution >= 4 is 12.2 Å². The van der Waals surface area contributed by atoms with E-state index >= 15 is 0 Å². The Bertz CT molecular complexity index is 317. The molecule has 10 heavy (non-hydrogen) atoms. The molecule has 0 radical (unpaired) electrons. The third-order valence-corrected chi connectivity index (χ3v) is 1.74. The highest BCUT2D eigenvalue weighted by Crippen LogP contribution is 1.70. The third-order valence-electron chi connectivity index (χ3n) is 1.74. The fraction of sp³-hybridized carbons (Fsp3) is 0.333. The van der Waals surface area contributed by atoms with Crippen molar-refractivity contribution in [2.75, 3.05) is 0 Å². The maximum Gasteiger partial charge on any atom is 0.0430 e. The Hall–Kier alpha value is -0.980. The summed E-state index contributed by atoms with van der Waals surface area (Å²) in [6.07, 6.45) is 6.31. The molecule has 0 saturated heterocycles. The molecule has 1 heterocycles. The van der Waals surface area contributed by atoms with Crippen LogP contribution >= 0.6 is 0 Å². The Balaban J connectivity index is 3.59. The molecule has 0 aliphatic rings. The van der Waals surface area contributed by atoms with Crippen molar-refractivity contribution in [2.24, 2.45) is 7.05 Å². The van der Waals surface area contributed by atoms with Crippen molar-refractivity contribution in [3.63, 3.8) is 0 Å². The van der Waals surface area contributed by atoms with Gasteiger partial charge in [0.15, 0.2) is 0 Å². The summed E-state index contributed by atoms with van der Waals surface area (Å²) in [6, 6.07) is 2.12. The standard InChI is InChI=1S/C9H13N/c1-4-8-6-7-10(3)9(8)5-2/h4-7H,1-3H3. The summed E-state index contributed by atoms with van der Waals surface area (Å²) in [7, 11) is 2.06. The molecule has 0 atom stereocenters. The molecule has 0 N–H and O–H groups in total. The van der Waals surface area contributed by atoms with E-state index in [4.69, 9.17) is 0 Å². The second-order valence-electron chi connectivity index (χ2n) is 2.34. The van der Waals surface area contributed by atoms with Crippen LogP contribution in [0.5, 0.6) is 0 Å². The molecular formula is C9H13N. The molecule has 1 aromatic heterocycles.